The number of aldehydes is 2. The third-order valence-corrected chi connectivity index (χ3v) is 1.70. The fraction of sp³-hybridized carbons (Fsp3) is 0.286. The van der Waals surface area contributed by atoms with Gasteiger partial charge in [0.1, 0.15) is 11.9 Å². The summed E-state index contributed by atoms with van der Waals surface area (Å²) in [5.74, 6) is -5.54. The Morgan fingerprint density at radius 3 is 0.800 bits per heavy atom. The van der Waals surface area contributed by atoms with Crippen LogP contribution in [-0.2, 0) is 50.5 Å². The first-order valence-electron chi connectivity index (χ1n) is 5.91. The Labute approximate surface area is 158 Å². The Bertz CT molecular complexity index is 460. The van der Waals surface area contributed by atoms with Crippen LogP contribution in [0, 0.1) is 0 Å². The Morgan fingerprint density at radius 2 is 0.800 bits per heavy atom. The number of carbonyl (C=O) groups excluding carboxylic acids is 6. The van der Waals surface area contributed by atoms with Crippen LogP contribution in [0.4, 0.5) is 0 Å². The van der Waals surface area contributed by atoms with Gasteiger partial charge in [-0.2, -0.15) is 0 Å². The molecule has 25 heavy (non-hydrogen) atoms. The summed E-state index contributed by atoms with van der Waals surface area (Å²) in [5, 5.41) is 37.3. The molecule has 0 fully saturated rings. The van der Waals surface area contributed by atoms with Gasteiger partial charge in [-0.25, -0.2) is 0 Å². The first kappa shape index (κ1) is 33.9. The van der Waals surface area contributed by atoms with Gasteiger partial charge in [-0.15, -0.1) is 0 Å². The molecular weight excluding hydrogens is 376 g/mol. The number of carboxylic acids is 4. The SMILES string of the molecule is CC=C(C)C(=O)[O-].CC=C(C)C(=O)[O-].O=CC(=O)[O-].O=CC(=O)[O-].[Ti+4]. The van der Waals surface area contributed by atoms with Gasteiger partial charge in [-0.05, 0) is 38.8 Å². The summed E-state index contributed by atoms with van der Waals surface area (Å²) >= 11 is 0. The number of carbonyl (C=O) groups is 6. The molecule has 0 aliphatic heterocycles. The van der Waals surface area contributed by atoms with Gasteiger partial charge < -0.3 is 39.6 Å². The van der Waals surface area contributed by atoms with Crippen LogP contribution in [0.5, 0.6) is 0 Å². The maximum Gasteiger partial charge on any atom is 4.00 e. The van der Waals surface area contributed by atoms with Gasteiger partial charge in [0.15, 0.2) is 12.6 Å². The Morgan fingerprint density at radius 1 is 0.640 bits per heavy atom. The quantitative estimate of drug-likeness (QED) is 0.194. The smallest absolute Gasteiger partial charge is 0.545 e. The molecule has 11 heteroatoms. The van der Waals surface area contributed by atoms with Crippen LogP contribution in [0.3, 0.4) is 0 Å². The van der Waals surface area contributed by atoms with E-state index in [0.717, 1.165) is 0 Å². The summed E-state index contributed by atoms with van der Waals surface area (Å²) in [4.78, 5) is 55.0. The number of hydrogen-bond donors (Lipinski definition) is 0. The van der Waals surface area contributed by atoms with Crippen molar-refractivity contribution < 1.29 is 70.9 Å². The van der Waals surface area contributed by atoms with Crippen LogP contribution in [0.15, 0.2) is 23.3 Å². The minimum atomic E-state index is -1.68. The maximum absolute atomic E-state index is 9.75. The fourth-order valence-electron chi connectivity index (χ4n) is 0.236. The van der Waals surface area contributed by atoms with E-state index in [-0.39, 0.29) is 45.4 Å². The average molecular weight is 392 g/mol. The molecule has 0 saturated heterocycles. The Balaban J connectivity index is -0.0000000711. The molecule has 0 atom stereocenters. The van der Waals surface area contributed by atoms with Crippen molar-refractivity contribution in [3.05, 3.63) is 23.3 Å². The number of carboxylic acid groups (broad SMARTS) is 4. The predicted octanol–water partition coefficient (Wildman–Crippen LogP) is -4.73. The average Bonchev–Trinajstić information content (AvgIpc) is 2.54. The number of aliphatic carboxylic acids is 4. The van der Waals surface area contributed by atoms with Crippen LogP contribution in [0.25, 0.3) is 0 Å². The van der Waals surface area contributed by atoms with E-state index >= 15 is 0 Å². The molecule has 0 spiro atoms. The Kier molecular flexibility index (Phi) is 32.1. The second-order valence-corrected chi connectivity index (χ2v) is 3.39. The van der Waals surface area contributed by atoms with Gasteiger partial charge >= 0.3 is 21.7 Å². The van der Waals surface area contributed by atoms with Crippen molar-refractivity contribution in [1.82, 2.24) is 0 Å². The van der Waals surface area contributed by atoms with Gasteiger partial charge in [-0.1, -0.05) is 12.2 Å². The molecule has 0 aliphatic rings. The largest absolute Gasteiger partial charge is 4.00 e. The van der Waals surface area contributed by atoms with E-state index in [9.17, 15) is 19.8 Å². The first-order chi connectivity index (χ1) is 10.9. The zero-order valence-corrected chi connectivity index (χ0v) is 15.5. The monoisotopic (exact) mass is 392 g/mol. The van der Waals surface area contributed by atoms with E-state index < -0.39 is 23.9 Å². The molecule has 0 radical (unpaired) electrons. The van der Waals surface area contributed by atoms with Crippen molar-refractivity contribution in [2.75, 3.05) is 0 Å². The molecule has 0 aromatic heterocycles. The molecule has 0 aliphatic carbocycles. The van der Waals surface area contributed by atoms with Gasteiger partial charge in [-0.3, -0.25) is 9.59 Å². The molecule has 0 N–H and O–H groups in total. The van der Waals surface area contributed by atoms with E-state index in [2.05, 4.69) is 0 Å². The van der Waals surface area contributed by atoms with E-state index in [0.29, 0.717) is 0 Å². The van der Waals surface area contributed by atoms with Crippen LogP contribution in [-0.4, -0.2) is 36.4 Å². The second kappa shape index (κ2) is 23.7. The number of hydrogen-bond acceptors (Lipinski definition) is 10. The molecule has 0 aromatic rings. The van der Waals surface area contributed by atoms with E-state index in [1.807, 2.05) is 0 Å². The summed E-state index contributed by atoms with van der Waals surface area (Å²) in [5.41, 5.74) is 0.556. The summed E-state index contributed by atoms with van der Waals surface area (Å²) < 4.78 is 0. The molecule has 0 heterocycles. The molecule has 0 unspecified atom stereocenters. The molecule has 0 rings (SSSR count). The third-order valence-electron chi connectivity index (χ3n) is 1.70. The van der Waals surface area contributed by atoms with Gasteiger partial charge in [0, 0.05) is 0 Å². The molecule has 0 aromatic carbocycles. The van der Waals surface area contributed by atoms with Crippen LogP contribution in [0.1, 0.15) is 27.7 Å². The maximum atomic E-state index is 9.75. The molecule has 0 amide bonds. The zero-order valence-electron chi connectivity index (χ0n) is 13.9. The summed E-state index contributed by atoms with van der Waals surface area (Å²) in [6, 6.07) is 0. The van der Waals surface area contributed by atoms with Crippen LogP contribution in [0.2, 0.25) is 0 Å². The van der Waals surface area contributed by atoms with E-state index in [4.69, 9.17) is 29.4 Å². The first-order valence-corrected chi connectivity index (χ1v) is 5.91. The van der Waals surface area contributed by atoms with Crippen molar-refractivity contribution in [2.45, 2.75) is 27.7 Å². The topological polar surface area (TPSA) is 195 Å². The van der Waals surface area contributed by atoms with Gasteiger partial charge in [0.25, 0.3) is 0 Å². The zero-order chi connectivity index (χ0) is 20.3. The second-order valence-electron chi connectivity index (χ2n) is 3.39. The van der Waals surface area contributed by atoms with Crippen molar-refractivity contribution in [3.63, 3.8) is 0 Å². The molecule has 0 saturated carbocycles. The fourth-order valence-corrected chi connectivity index (χ4v) is 0.236. The molecular formula is C14H16O10Ti. The Hall–Kier alpha value is -2.59. The number of allylic oxidation sites excluding steroid dienone is 2. The molecule has 10 nitrogen and oxygen atoms in total. The minimum Gasteiger partial charge on any atom is -0.545 e. The third kappa shape index (κ3) is 44.9. The normalized spacial score (nSPS) is 8.96. The van der Waals surface area contributed by atoms with Crippen molar-refractivity contribution in [3.8, 4) is 0 Å². The predicted molar refractivity (Wildman–Crippen MR) is 71.0 cm³/mol. The summed E-state index contributed by atoms with van der Waals surface area (Å²) in [6.07, 6.45) is 2.44. The standard InChI is InChI=1S/2C5H8O2.2C2H2O3.Ti/c2*1-3-4(2)5(6)7;2*3-1-2(4)5;/h2*3H,1-2H3,(H,6,7);2*1H,(H,4,5);/q;;;;+4/p-4. The summed E-state index contributed by atoms with van der Waals surface area (Å²) in [7, 11) is 0. The van der Waals surface area contributed by atoms with Crippen molar-refractivity contribution in [2.24, 2.45) is 0 Å². The van der Waals surface area contributed by atoms with Crippen molar-refractivity contribution in [1.29, 1.82) is 0 Å². The molecule has 0 bridgehead atoms. The van der Waals surface area contributed by atoms with Crippen LogP contribution >= 0.6 is 0 Å². The van der Waals surface area contributed by atoms with E-state index in [1.165, 1.54) is 26.0 Å². The van der Waals surface area contributed by atoms with Crippen molar-refractivity contribution >= 4 is 36.4 Å². The summed E-state index contributed by atoms with van der Waals surface area (Å²) in [6.45, 7) is 6.31. The van der Waals surface area contributed by atoms with Gasteiger partial charge in [0.2, 0.25) is 0 Å². The van der Waals surface area contributed by atoms with E-state index in [1.54, 1.807) is 13.8 Å². The minimum absolute atomic E-state index is 0. The number of rotatable bonds is 4. The van der Waals surface area contributed by atoms with Gasteiger partial charge in [0.05, 0.1) is 11.9 Å². The molecule has 136 valence electrons. The van der Waals surface area contributed by atoms with Crippen LogP contribution < -0.4 is 20.4 Å².